The molecule has 0 spiro atoms. The molecule has 8 heteroatoms. The van der Waals surface area contributed by atoms with Crippen molar-refractivity contribution in [1.82, 2.24) is 0 Å². The number of ether oxygens (including phenoxy) is 4. The molecule has 1 saturated heterocycles. The quantitative estimate of drug-likeness (QED) is 0.360. The fraction of sp³-hybridized carbons (Fsp3) is 0.727. The van der Waals surface area contributed by atoms with Gasteiger partial charge in [0.05, 0.1) is 12.5 Å². The average molecular weight is 429 g/mol. The first-order chi connectivity index (χ1) is 14.2. The number of aliphatic hydroxyl groups excluding tert-OH is 2. The Balaban J connectivity index is 2.76. The fourth-order valence-electron chi connectivity index (χ4n) is 2.83. The molecule has 0 radical (unpaired) electrons. The van der Waals surface area contributed by atoms with Crippen LogP contribution >= 0.6 is 0 Å². The maximum atomic E-state index is 12.2. The molecule has 0 aromatic rings. The molecule has 1 unspecified atom stereocenters. The van der Waals surface area contributed by atoms with Crippen LogP contribution in [0.25, 0.3) is 0 Å². The Morgan fingerprint density at radius 1 is 1.23 bits per heavy atom. The van der Waals surface area contributed by atoms with Crippen LogP contribution in [0, 0.1) is 5.92 Å². The van der Waals surface area contributed by atoms with Gasteiger partial charge in [-0.1, -0.05) is 38.2 Å². The highest BCUT2D eigenvalue weighted by molar-refractivity contribution is 5.72. The van der Waals surface area contributed by atoms with E-state index in [0.29, 0.717) is 12.8 Å². The molecule has 2 N–H and O–H groups in total. The molecule has 0 aromatic carbocycles. The van der Waals surface area contributed by atoms with Crippen molar-refractivity contribution in [1.29, 1.82) is 0 Å². The second-order valence-corrected chi connectivity index (χ2v) is 7.52. The number of hydrogen-bond acceptors (Lipinski definition) is 8. The van der Waals surface area contributed by atoms with E-state index in [4.69, 9.17) is 18.9 Å². The van der Waals surface area contributed by atoms with Crippen molar-refractivity contribution < 1.29 is 38.7 Å². The highest BCUT2D eigenvalue weighted by Gasteiger charge is 2.48. The normalized spacial score (nSPS) is 27.6. The Morgan fingerprint density at radius 3 is 2.53 bits per heavy atom. The van der Waals surface area contributed by atoms with Crippen molar-refractivity contribution in [3.63, 3.8) is 0 Å². The third-order valence-electron chi connectivity index (χ3n) is 5.00. The minimum absolute atomic E-state index is 0.235. The van der Waals surface area contributed by atoms with Gasteiger partial charge in [-0.25, -0.2) is 0 Å². The molecule has 0 amide bonds. The van der Waals surface area contributed by atoms with Crippen molar-refractivity contribution in [3.05, 3.63) is 24.3 Å². The predicted octanol–water partition coefficient (Wildman–Crippen LogP) is 2.27. The molecular formula is C22H36O8. The Labute approximate surface area is 178 Å². The van der Waals surface area contributed by atoms with Gasteiger partial charge >= 0.3 is 11.9 Å². The molecule has 1 heterocycles. The third kappa shape index (κ3) is 8.55. The predicted molar refractivity (Wildman–Crippen MR) is 110 cm³/mol. The highest BCUT2D eigenvalue weighted by Crippen LogP contribution is 2.26. The van der Waals surface area contributed by atoms with E-state index in [1.807, 2.05) is 19.9 Å². The number of esters is 2. The SMILES string of the molecule is C=C(CC/C=C\C)CCO[C@@H]1O[C@H](COC(C)=O)[C@@H](O)[C@H](OC(=O)C(C)CC)[C@H]1O. The molecule has 30 heavy (non-hydrogen) atoms. The number of carbonyl (C=O) groups excluding carboxylic acids is 2. The van der Waals surface area contributed by atoms with Crippen molar-refractivity contribution in [3.8, 4) is 0 Å². The smallest absolute Gasteiger partial charge is 0.309 e. The summed E-state index contributed by atoms with van der Waals surface area (Å²) in [5.41, 5.74) is 0.995. The lowest BCUT2D eigenvalue weighted by atomic mass is 9.98. The van der Waals surface area contributed by atoms with E-state index in [2.05, 4.69) is 12.7 Å². The minimum Gasteiger partial charge on any atom is -0.463 e. The van der Waals surface area contributed by atoms with Crippen LogP contribution in [0.3, 0.4) is 0 Å². The van der Waals surface area contributed by atoms with Gasteiger partial charge in [0, 0.05) is 6.92 Å². The van der Waals surface area contributed by atoms with Crippen LogP contribution in [0.15, 0.2) is 24.3 Å². The van der Waals surface area contributed by atoms with E-state index in [1.165, 1.54) is 6.92 Å². The van der Waals surface area contributed by atoms with Crippen LogP contribution in [-0.2, 0) is 28.5 Å². The molecule has 8 nitrogen and oxygen atoms in total. The van der Waals surface area contributed by atoms with Gasteiger partial charge in [0.1, 0.15) is 24.9 Å². The summed E-state index contributed by atoms with van der Waals surface area (Å²) in [6.45, 7) is 10.7. The lowest BCUT2D eigenvalue weighted by molar-refractivity contribution is -0.304. The third-order valence-corrected chi connectivity index (χ3v) is 5.00. The number of rotatable bonds is 12. The average Bonchev–Trinajstić information content (AvgIpc) is 2.71. The largest absolute Gasteiger partial charge is 0.463 e. The summed E-state index contributed by atoms with van der Waals surface area (Å²) >= 11 is 0. The van der Waals surface area contributed by atoms with Crippen molar-refractivity contribution in [2.75, 3.05) is 13.2 Å². The molecular weight excluding hydrogens is 392 g/mol. The van der Waals surface area contributed by atoms with Gasteiger partial charge in [0.25, 0.3) is 0 Å². The molecule has 0 bridgehead atoms. The number of allylic oxidation sites excluding steroid dienone is 2. The summed E-state index contributed by atoms with van der Waals surface area (Å²) < 4.78 is 21.6. The molecule has 1 rings (SSSR count). The van der Waals surface area contributed by atoms with Crippen LogP contribution < -0.4 is 0 Å². The van der Waals surface area contributed by atoms with Crippen molar-refractivity contribution >= 4 is 11.9 Å². The van der Waals surface area contributed by atoms with Crippen LogP contribution in [0.4, 0.5) is 0 Å². The van der Waals surface area contributed by atoms with Gasteiger partial charge in [0.2, 0.25) is 0 Å². The summed E-state index contributed by atoms with van der Waals surface area (Å²) in [5.74, 6) is -1.47. The first-order valence-electron chi connectivity index (χ1n) is 10.5. The van der Waals surface area contributed by atoms with Gasteiger partial charge in [-0.3, -0.25) is 9.59 Å². The number of hydrogen-bond donors (Lipinski definition) is 2. The molecule has 1 fully saturated rings. The fourth-order valence-corrected chi connectivity index (χ4v) is 2.83. The topological polar surface area (TPSA) is 112 Å². The molecule has 172 valence electrons. The van der Waals surface area contributed by atoms with E-state index in [-0.39, 0.29) is 19.1 Å². The van der Waals surface area contributed by atoms with Crippen LogP contribution in [0.1, 0.15) is 53.4 Å². The van der Waals surface area contributed by atoms with Gasteiger partial charge in [-0.05, 0) is 32.6 Å². The molecule has 1 aliphatic heterocycles. The first-order valence-corrected chi connectivity index (χ1v) is 10.5. The molecule has 1 aliphatic rings. The van der Waals surface area contributed by atoms with Gasteiger partial charge in [-0.15, -0.1) is 0 Å². The van der Waals surface area contributed by atoms with Crippen molar-refractivity contribution in [2.24, 2.45) is 5.92 Å². The van der Waals surface area contributed by atoms with Gasteiger partial charge < -0.3 is 29.2 Å². The second-order valence-electron chi connectivity index (χ2n) is 7.52. The summed E-state index contributed by atoms with van der Waals surface area (Å²) in [5, 5.41) is 21.1. The Hall–Kier alpha value is -1.74. The highest BCUT2D eigenvalue weighted by atomic mass is 16.7. The van der Waals surface area contributed by atoms with E-state index < -0.39 is 42.6 Å². The summed E-state index contributed by atoms with van der Waals surface area (Å²) in [4.78, 5) is 23.4. The lowest BCUT2D eigenvalue weighted by Crippen LogP contribution is -2.61. The monoisotopic (exact) mass is 428 g/mol. The van der Waals surface area contributed by atoms with E-state index >= 15 is 0 Å². The van der Waals surface area contributed by atoms with Crippen LogP contribution in [0.5, 0.6) is 0 Å². The zero-order chi connectivity index (χ0) is 22.7. The minimum atomic E-state index is -1.39. The standard InChI is InChI=1S/C22H36O8/c1-6-8-9-10-14(3)11-12-27-22-19(25)20(30-21(26)15(4)7-2)18(24)17(29-22)13-28-16(5)23/h6,8,15,17-20,22,24-25H,3,7,9-13H2,1-2,4-5H3/b8-6-/t15?,17-,18-,19-,20+,22-/m1/s1. The Morgan fingerprint density at radius 2 is 1.93 bits per heavy atom. The maximum absolute atomic E-state index is 12.2. The maximum Gasteiger partial charge on any atom is 0.309 e. The van der Waals surface area contributed by atoms with E-state index in [1.54, 1.807) is 6.92 Å². The molecule has 0 aliphatic carbocycles. The Bertz CT molecular complexity index is 588. The van der Waals surface area contributed by atoms with E-state index in [9.17, 15) is 19.8 Å². The van der Waals surface area contributed by atoms with Crippen LogP contribution in [0.2, 0.25) is 0 Å². The first kappa shape index (κ1) is 26.3. The number of aliphatic hydroxyl groups is 2. The second kappa shape index (κ2) is 13.5. The van der Waals surface area contributed by atoms with Crippen molar-refractivity contribution in [2.45, 2.75) is 84.1 Å². The van der Waals surface area contributed by atoms with Crippen LogP contribution in [-0.4, -0.2) is 66.1 Å². The molecule has 0 aromatic heterocycles. The zero-order valence-electron chi connectivity index (χ0n) is 18.4. The van der Waals surface area contributed by atoms with Gasteiger partial charge in [-0.2, -0.15) is 0 Å². The lowest BCUT2D eigenvalue weighted by Gasteiger charge is -2.41. The number of carbonyl (C=O) groups is 2. The summed E-state index contributed by atoms with van der Waals surface area (Å²) in [7, 11) is 0. The van der Waals surface area contributed by atoms with Gasteiger partial charge in [0.15, 0.2) is 12.4 Å². The van der Waals surface area contributed by atoms with E-state index in [0.717, 1.165) is 18.4 Å². The summed E-state index contributed by atoms with van der Waals surface area (Å²) in [6, 6.07) is 0. The molecule has 6 atom stereocenters. The summed E-state index contributed by atoms with van der Waals surface area (Å²) in [6.07, 6.45) is 0.695. The molecule has 0 saturated carbocycles. The Kier molecular flexibility index (Phi) is 11.9. The zero-order valence-corrected chi connectivity index (χ0v) is 18.4.